The highest BCUT2D eigenvalue weighted by atomic mass is 19.1. The van der Waals surface area contributed by atoms with E-state index in [1.54, 1.807) is 29.2 Å². The van der Waals surface area contributed by atoms with E-state index in [4.69, 9.17) is 11.2 Å². The van der Waals surface area contributed by atoms with Crippen LogP contribution in [0, 0.1) is 18.2 Å². The van der Waals surface area contributed by atoms with Crippen molar-refractivity contribution in [2.75, 3.05) is 7.11 Å². The Morgan fingerprint density at radius 2 is 2.26 bits per heavy atom. The zero-order valence-electron chi connectivity index (χ0n) is 13.0. The Morgan fingerprint density at radius 1 is 1.52 bits per heavy atom. The van der Waals surface area contributed by atoms with E-state index >= 15 is 0 Å². The molecule has 120 valence electrons. The fraction of sp³-hybridized carbons (Fsp3) is 0.294. The van der Waals surface area contributed by atoms with Gasteiger partial charge in [-0.2, -0.15) is 5.10 Å². The summed E-state index contributed by atoms with van der Waals surface area (Å²) >= 11 is 0. The molecule has 5 nitrogen and oxygen atoms in total. The highest BCUT2D eigenvalue weighted by Crippen LogP contribution is 2.27. The van der Waals surface area contributed by atoms with Crippen molar-refractivity contribution in [3.8, 4) is 12.3 Å². The molecule has 0 fully saturated rings. The number of nitrogens with zero attached hydrogens (tertiary/aromatic N) is 2. The first-order valence-corrected chi connectivity index (χ1v) is 7.04. The Labute approximate surface area is 134 Å². The van der Waals surface area contributed by atoms with Crippen molar-refractivity contribution >= 4 is 5.91 Å². The second-order valence-electron chi connectivity index (χ2n) is 5.15. The summed E-state index contributed by atoms with van der Waals surface area (Å²) in [5, 5.41) is 6.81. The Balaban J connectivity index is 2.11. The molecule has 6 heteroatoms. The number of benzene rings is 1. The van der Waals surface area contributed by atoms with Crippen LogP contribution in [0.5, 0.6) is 0 Å². The Kier molecular flexibility index (Phi) is 5.14. The number of halogens is 1. The topological polar surface area (TPSA) is 56.2 Å². The van der Waals surface area contributed by atoms with Crippen molar-refractivity contribution < 1.29 is 13.9 Å². The van der Waals surface area contributed by atoms with Gasteiger partial charge < -0.3 is 10.1 Å². The number of carbonyl (C=O) groups is 1. The number of terminal acetylenes is 1. The Bertz CT molecular complexity index is 735. The smallest absolute Gasteiger partial charge is 0.256 e. The molecule has 0 radical (unpaired) electrons. The molecule has 0 saturated carbocycles. The van der Waals surface area contributed by atoms with Crippen molar-refractivity contribution in [3.05, 3.63) is 53.6 Å². The third-order valence-corrected chi connectivity index (χ3v) is 3.62. The lowest BCUT2D eigenvalue weighted by Gasteiger charge is -2.27. The van der Waals surface area contributed by atoms with Gasteiger partial charge in [-0.15, -0.1) is 6.42 Å². The maximum atomic E-state index is 14.0. The van der Waals surface area contributed by atoms with E-state index in [9.17, 15) is 9.18 Å². The Hall–Kier alpha value is -2.65. The quantitative estimate of drug-likeness (QED) is 0.828. The van der Waals surface area contributed by atoms with E-state index in [2.05, 4.69) is 16.3 Å². The molecule has 1 aromatic heterocycles. The average molecular weight is 315 g/mol. The van der Waals surface area contributed by atoms with Gasteiger partial charge in [0.2, 0.25) is 0 Å². The molecule has 23 heavy (non-hydrogen) atoms. The first kappa shape index (κ1) is 16.7. The van der Waals surface area contributed by atoms with E-state index in [-0.39, 0.29) is 12.1 Å². The number of hydrogen-bond acceptors (Lipinski definition) is 3. The van der Waals surface area contributed by atoms with Crippen molar-refractivity contribution in [2.45, 2.75) is 25.6 Å². The van der Waals surface area contributed by atoms with Crippen LogP contribution in [-0.2, 0) is 28.2 Å². The molecule has 0 aliphatic heterocycles. The number of carbonyl (C=O) groups excluding carboxylic acids is 1. The number of amides is 1. The first-order chi connectivity index (χ1) is 11.0. The van der Waals surface area contributed by atoms with Crippen LogP contribution in [0.4, 0.5) is 4.39 Å². The van der Waals surface area contributed by atoms with E-state index in [0.717, 1.165) is 5.56 Å². The largest absolute Gasteiger partial charge is 0.364 e. The molecular formula is C17H18FN3O2. The zero-order valence-corrected chi connectivity index (χ0v) is 13.0. The minimum atomic E-state index is -1.42. The second kappa shape index (κ2) is 7.07. The molecule has 1 N–H and O–H groups in total. The fourth-order valence-electron chi connectivity index (χ4n) is 2.20. The van der Waals surface area contributed by atoms with Crippen LogP contribution in [0.15, 0.2) is 36.7 Å². The maximum Gasteiger partial charge on any atom is 0.256 e. The highest BCUT2D eigenvalue weighted by Gasteiger charge is 2.37. The molecule has 0 aliphatic rings. The molecule has 1 heterocycles. The summed E-state index contributed by atoms with van der Waals surface area (Å²) in [5.41, 5.74) is -0.441. The minimum absolute atomic E-state index is 0.183. The standard InChI is InChI=1S/C17H18FN3O2/c1-4-9-21-12-13(11-20-21)10-19-16(22)17(2,23-3)14-7-5-6-8-15(14)18/h1,5-8,11-12H,9-10H2,2-3H3,(H,19,22). The van der Waals surface area contributed by atoms with Crippen molar-refractivity contribution in [3.63, 3.8) is 0 Å². The first-order valence-electron chi connectivity index (χ1n) is 7.04. The van der Waals surface area contributed by atoms with E-state index in [1.165, 1.54) is 26.2 Å². The minimum Gasteiger partial charge on any atom is -0.364 e. The third-order valence-electron chi connectivity index (χ3n) is 3.62. The van der Waals surface area contributed by atoms with Crippen LogP contribution in [0.2, 0.25) is 0 Å². The van der Waals surface area contributed by atoms with E-state index < -0.39 is 17.3 Å². The van der Waals surface area contributed by atoms with Crippen LogP contribution in [0.3, 0.4) is 0 Å². The number of aromatic nitrogens is 2. The maximum absolute atomic E-state index is 14.0. The molecule has 2 rings (SSSR count). The zero-order chi connectivity index (χ0) is 16.9. The molecule has 0 bridgehead atoms. The number of rotatable bonds is 6. The van der Waals surface area contributed by atoms with Crippen LogP contribution < -0.4 is 5.32 Å². The molecule has 1 amide bonds. The van der Waals surface area contributed by atoms with Crippen molar-refractivity contribution in [1.29, 1.82) is 0 Å². The summed E-state index contributed by atoms with van der Waals surface area (Å²) in [6.45, 7) is 2.14. The van der Waals surface area contributed by atoms with Crippen LogP contribution in [0.25, 0.3) is 0 Å². The van der Waals surface area contributed by atoms with E-state index in [0.29, 0.717) is 6.54 Å². The SMILES string of the molecule is C#CCn1cc(CNC(=O)C(C)(OC)c2ccccc2F)cn1. The summed E-state index contributed by atoms with van der Waals surface area (Å²) in [5.74, 6) is 1.55. The van der Waals surface area contributed by atoms with Crippen LogP contribution in [-0.4, -0.2) is 22.8 Å². The van der Waals surface area contributed by atoms with Gasteiger partial charge in [-0.1, -0.05) is 24.1 Å². The molecule has 1 atom stereocenters. The van der Waals surface area contributed by atoms with Gasteiger partial charge in [0.05, 0.1) is 6.20 Å². The van der Waals surface area contributed by atoms with Gasteiger partial charge in [-0.05, 0) is 13.0 Å². The molecule has 0 aliphatic carbocycles. The lowest BCUT2D eigenvalue weighted by molar-refractivity contribution is -0.143. The summed E-state index contributed by atoms with van der Waals surface area (Å²) in [6.07, 6.45) is 8.57. The molecular weight excluding hydrogens is 297 g/mol. The Morgan fingerprint density at radius 3 is 2.91 bits per heavy atom. The predicted molar refractivity (Wildman–Crippen MR) is 83.7 cm³/mol. The van der Waals surface area contributed by atoms with E-state index in [1.807, 2.05) is 0 Å². The van der Waals surface area contributed by atoms with Gasteiger partial charge in [0.15, 0.2) is 5.60 Å². The summed E-state index contributed by atoms with van der Waals surface area (Å²) < 4.78 is 20.9. The molecule has 2 aromatic rings. The lowest BCUT2D eigenvalue weighted by atomic mass is 9.94. The normalized spacial score (nSPS) is 13.1. The molecule has 1 unspecified atom stereocenters. The second-order valence-corrected chi connectivity index (χ2v) is 5.15. The van der Waals surface area contributed by atoms with Crippen molar-refractivity contribution in [1.82, 2.24) is 15.1 Å². The number of nitrogens with one attached hydrogen (secondary N) is 1. The van der Waals surface area contributed by atoms with Crippen molar-refractivity contribution in [2.24, 2.45) is 0 Å². The van der Waals surface area contributed by atoms with Gasteiger partial charge >= 0.3 is 0 Å². The molecule has 1 aromatic carbocycles. The lowest BCUT2D eigenvalue weighted by Crippen LogP contribution is -2.44. The number of methoxy groups -OCH3 is 1. The summed E-state index contributed by atoms with van der Waals surface area (Å²) in [4.78, 5) is 12.5. The van der Waals surface area contributed by atoms with Gasteiger partial charge in [0, 0.05) is 31.0 Å². The third kappa shape index (κ3) is 3.58. The molecule has 0 saturated heterocycles. The number of hydrogen-bond donors (Lipinski definition) is 1. The monoisotopic (exact) mass is 315 g/mol. The van der Waals surface area contributed by atoms with Gasteiger partial charge in [0.1, 0.15) is 12.4 Å². The summed E-state index contributed by atoms with van der Waals surface area (Å²) in [7, 11) is 1.37. The average Bonchev–Trinajstić information content (AvgIpc) is 3.00. The van der Waals surface area contributed by atoms with Crippen LogP contribution >= 0.6 is 0 Å². The van der Waals surface area contributed by atoms with Gasteiger partial charge in [0.25, 0.3) is 5.91 Å². The fourth-order valence-corrected chi connectivity index (χ4v) is 2.20. The number of ether oxygens (including phenoxy) is 1. The highest BCUT2D eigenvalue weighted by molar-refractivity contribution is 5.86. The predicted octanol–water partition coefficient (Wildman–Crippen LogP) is 1.83. The molecule has 0 spiro atoms. The summed E-state index contributed by atoms with van der Waals surface area (Å²) in [6, 6.07) is 6.05. The van der Waals surface area contributed by atoms with Crippen LogP contribution in [0.1, 0.15) is 18.1 Å². The van der Waals surface area contributed by atoms with Gasteiger partial charge in [-0.25, -0.2) is 4.39 Å². The van der Waals surface area contributed by atoms with Gasteiger partial charge in [-0.3, -0.25) is 9.48 Å².